The van der Waals surface area contributed by atoms with Gasteiger partial charge < -0.3 is 9.64 Å². The Morgan fingerprint density at radius 1 is 1.15 bits per heavy atom. The maximum atomic E-state index is 11.7. The van der Waals surface area contributed by atoms with Crippen LogP contribution in [0.1, 0.15) is 20.1 Å². The molecule has 2 heterocycles. The highest BCUT2D eigenvalue weighted by Gasteiger charge is 2.21. The SMILES string of the molecule is COC(=O)c1ccc(CN2Cc3ccccc3Sc3ccc(Cl)cc32)s1. The molecular formula is C20H16ClNO2S2. The monoisotopic (exact) mass is 401 g/mol. The lowest BCUT2D eigenvalue weighted by atomic mass is 10.2. The van der Waals surface area contributed by atoms with Crippen LogP contribution in [0.5, 0.6) is 0 Å². The molecular weight excluding hydrogens is 386 g/mol. The third-order valence-electron chi connectivity index (χ3n) is 4.21. The normalized spacial score (nSPS) is 12.9. The molecule has 0 aliphatic carbocycles. The molecule has 0 atom stereocenters. The molecule has 0 N–H and O–H groups in total. The van der Waals surface area contributed by atoms with Crippen molar-refractivity contribution >= 4 is 46.4 Å². The summed E-state index contributed by atoms with van der Waals surface area (Å²) in [7, 11) is 1.41. The molecule has 4 rings (SSSR count). The summed E-state index contributed by atoms with van der Waals surface area (Å²) < 4.78 is 4.82. The van der Waals surface area contributed by atoms with Crippen molar-refractivity contribution in [3.8, 4) is 0 Å². The van der Waals surface area contributed by atoms with Crippen LogP contribution in [0.15, 0.2) is 64.4 Å². The van der Waals surface area contributed by atoms with Crippen molar-refractivity contribution in [1.82, 2.24) is 0 Å². The Morgan fingerprint density at radius 2 is 2.00 bits per heavy atom. The van der Waals surface area contributed by atoms with E-state index in [9.17, 15) is 4.79 Å². The molecule has 6 heteroatoms. The van der Waals surface area contributed by atoms with Gasteiger partial charge in [-0.15, -0.1) is 11.3 Å². The fourth-order valence-electron chi connectivity index (χ4n) is 2.97. The van der Waals surface area contributed by atoms with Gasteiger partial charge >= 0.3 is 5.97 Å². The van der Waals surface area contributed by atoms with E-state index in [4.69, 9.17) is 16.3 Å². The summed E-state index contributed by atoms with van der Waals surface area (Å²) in [6.45, 7) is 1.51. The second kappa shape index (κ2) is 7.35. The van der Waals surface area contributed by atoms with Crippen LogP contribution in [0.3, 0.4) is 0 Å². The molecule has 3 nitrogen and oxygen atoms in total. The summed E-state index contributed by atoms with van der Waals surface area (Å²) in [6.07, 6.45) is 0. The third-order valence-corrected chi connectivity index (χ3v) is 6.68. The number of carbonyl (C=O) groups is 1. The van der Waals surface area contributed by atoms with Crippen LogP contribution in [-0.2, 0) is 17.8 Å². The molecule has 3 aromatic rings. The first kappa shape index (κ1) is 17.5. The number of nitrogens with zero attached hydrogens (tertiary/aromatic N) is 1. The summed E-state index contributed by atoms with van der Waals surface area (Å²) in [5.41, 5.74) is 2.40. The number of fused-ring (bicyclic) bond motifs is 2. The van der Waals surface area contributed by atoms with Crippen LogP contribution in [0, 0.1) is 0 Å². The number of carbonyl (C=O) groups excluding carboxylic acids is 1. The van der Waals surface area contributed by atoms with Crippen LogP contribution in [0.25, 0.3) is 0 Å². The zero-order valence-corrected chi connectivity index (χ0v) is 16.5. The van der Waals surface area contributed by atoms with E-state index in [1.165, 1.54) is 33.8 Å². The van der Waals surface area contributed by atoms with Crippen molar-refractivity contribution in [1.29, 1.82) is 0 Å². The summed E-state index contributed by atoms with van der Waals surface area (Å²) in [5, 5.41) is 0.724. The molecule has 1 aliphatic rings. The number of ether oxygens (including phenoxy) is 1. The number of rotatable bonds is 3. The van der Waals surface area contributed by atoms with Gasteiger partial charge in [0, 0.05) is 26.2 Å². The Labute approximate surface area is 165 Å². The van der Waals surface area contributed by atoms with Gasteiger partial charge in [-0.3, -0.25) is 0 Å². The molecule has 0 saturated carbocycles. The summed E-state index contributed by atoms with van der Waals surface area (Å²) in [5.74, 6) is -0.290. The fraction of sp³-hybridized carbons (Fsp3) is 0.150. The fourth-order valence-corrected chi connectivity index (χ4v) is 5.15. The quantitative estimate of drug-likeness (QED) is 0.514. The van der Waals surface area contributed by atoms with E-state index in [1.54, 1.807) is 11.8 Å². The van der Waals surface area contributed by atoms with Crippen LogP contribution >= 0.6 is 34.7 Å². The molecule has 0 unspecified atom stereocenters. The first-order chi connectivity index (χ1) is 12.6. The van der Waals surface area contributed by atoms with E-state index in [-0.39, 0.29) is 5.97 Å². The summed E-state index contributed by atoms with van der Waals surface area (Å²) in [6, 6.07) is 18.3. The highest BCUT2D eigenvalue weighted by Crippen LogP contribution is 2.43. The summed E-state index contributed by atoms with van der Waals surface area (Å²) >= 11 is 9.52. The molecule has 132 valence electrons. The maximum absolute atomic E-state index is 11.7. The van der Waals surface area contributed by atoms with Crippen molar-refractivity contribution in [2.45, 2.75) is 22.9 Å². The first-order valence-electron chi connectivity index (χ1n) is 8.11. The van der Waals surface area contributed by atoms with Crippen LogP contribution < -0.4 is 4.90 Å². The molecule has 1 aliphatic heterocycles. The van der Waals surface area contributed by atoms with E-state index < -0.39 is 0 Å². The Bertz CT molecular complexity index is 970. The summed E-state index contributed by atoms with van der Waals surface area (Å²) in [4.78, 5) is 18.2. The number of hydrogen-bond donors (Lipinski definition) is 0. The zero-order valence-electron chi connectivity index (χ0n) is 14.1. The Hall–Kier alpha value is -1.95. The highest BCUT2D eigenvalue weighted by molar-refractivity contribution is 7.99. The number of anilines is 1. The largest absolute Gasteiger partial charge is 0.465 e. The predicted molar refractivity (Wildman–Crippen MR) is 108 cm³/mol. The van der Waals surface area contributed by atoms with Crippen molar-refractivity contribution in [2.24, 2.45) is 0 Å². The molecule has 0 saturated heterocycles. The van der Waals surface area contributed by atoms with Gasteiger partial charge in [0.15, 0.2) is 0 Å². The molecule has 0 radical (unpaired) electrons. The lowest BCUT2D eigenvalue weighted by molar-refractivity contribution is 0.0606. The average molecular weight is 402 g/mol. The van der Waals surface area contributed by atoms with E-state index >= 15 is 0 Å². The lowest BCUT2D eigenvalue weighted by Gasteiger charge is -2.24. The van der Waals surface area contributed by atoms with E-state index in [2.05, 4.69) is 35.2 Å². The van der Waals surface area contributed by atoms with Gasteiger partial charge in [0.1, 0.15) is 4.88 Å². The maximum Gasteiger partial charge on any atom is 0.348 e. The minimum atomic E-state index is -0.290. The van der Waals surface area contributed by atoms with Crippen LogP contribution in [0.4, 0.5) is 5.69 Å². The topological polar surface area (TPSA) is 29.5 Å². The van der Waals surface area contributed by atoms with Gasteiger partial charge in [0.05, 0.1) is 19.3 Å². The van der Waals surface area contributed by atoms with Crippen molar-refractivity contribution in [2.75, 3.05) is 12.0 Å². The van der Waals surface area contributed by atoms with Crippen LogP contribution in [-0.4, -0.2) is 13.1 Å². The minimum absolute atomic E-state index is 0.290. The number of hydrogen-bond acceptors (Lipinski definition) is 5. The number of methoxy groups -OCH3 is 1. The Morgan fingerprint density at radius 3 is 2.85 bits per heavy atom. The second-order valence-corrected chi connectivity index (χ2v) is 8.62. The van der Waals surface area contributed by atoms with E-state index in [0.29, 0.717) is 11.4 Å². The molecule has 1 aromatic heterocycles. The van der Waals surface area contributed by atoms with Gasteiger partial charge in [0.25, 0.3) is 0 Å². The molecule has 0 bridgehead atoms. The van der Waals surface area contributed by atoms with Crippen molar-refractivity contribution in [3.05, 3.63) is 74.9 Å². The van der Waals surface area contributed by atoms with Gasteiger partial charge in [-0.2, -0.15) is 0 Å². The van der Waals surface area contributed by atoms with Crippen molar-refractivity contribution in [3.63, 3.8) is 0 Å². The smallest absolute Gasteiger partial charge is 0.348 e. The highest BCUT2D eigenvalue weighted by atomic mass is 35.5. The standard InChI is InChI=1S/C20H16ClNO2S2/c1-24-20(23)19-9-7-15(25-19)12-22-11-13-4-2-3-5-17(13)26-18-8-6-14(21)10-16(18)22/h2-10H,11-12H2,1H3. The molecule has 0 spiro atoms. The predicted octanol–water partition coefficient (Wildman–Crippen LogP) is 5.86. The molecule has 0 amide bonds. The first-order valence-corrected chi connectivity index (χ1v) is 10.1. The molecule has 0 fully saturated rings. The zero-order chi connectivity index (χ0) is 18.1. The van der Waals surface area contributed by atoms with Gasteiger partial charge in [-0.1, -0.05) is 41.6 Å². The number of halogens is 1. The van der Waals surface area contributed by atoms with Gasteiger partial charge in [-0.25, -0.2) is 4.79 Å². The average Bonchev–Trinajstić information content (AvgIpc) is 3.06. The van der Waals surface area contributed by atoms with E-state index in [1.807, 2.05) is 24.3 Å². The van der Waals surface area contributed by atoms with Crippen LogP contribution in [0.2, 0.25) is 5.02 Å². The minimum Gasteiger partial charge on any atom is -0.465 e. The third kappa shape index (κ3) is 3.47. The van der Waals surface area contributed by atoms with Gasteiger partial charge in [-0.05, 0) is 42.0 Å². The van der Waals surface area contributed by atoms with Crippen molar-refractivity contribution < 1.29 is 9.53 Å². The number of benzene rings is 2. The number of esters is 1. The second-order valence-electron chi connectivity index (χ2n) is 5.94. The Balaban J connectivity index is 1.71. The van der Waals surface area contributed by atoms with E-state index in [0.717, 1.165) is 22.1 Å². The van der Waals surface area contributed by atoms with Gasteiger partial charge in [0.2, 0.25) is 0 Å². The molecule has 26 heavy (non-hydrogen) atoms. The Kier molecular flexibility index (Phi) is 4.94. The molecule has 2 aromatic carbocycles. The number of thiophene rings is 1. The lowest BCUT2D eigenvalue weighted by Crippen LogP contribution is -2.21.